The van der Waals surface area contributed by atoms with Gasteiger partial charge < -0.3 is 9.84 Å². The van der Waals surface area contributed by atoms with Crippen LogP contribution in [0.15, 0.2) is 36.4 Å². The first-order valence-electron chi connectivity index (χ1n) is 6.70. The van der Waals surface area contributed by atoms with Gasteiger partial charge in [-0.2, -0.15) is 0 Å². The molecular weight excluding hydrogens is 236 g/mol. The molecule has 2 aromatic rings. The molecule has 2 aromatic carbocycles. The zero-order chi connectivity index (χ0) is 13.4. The Bertz CT molecular complexity index is 617. The van der Waals surface area contributed by atoms with Crippen molar-refractivity contribution in [2.75, 3.05) is 7.11 Å². The number of benzene rings is 2. The molecule has 0 heterocycles. The van der Waals surface area contributed by atoms with Crippen LogP contribution >= 0.6 is 0 Å². The Labute approximate surface area is 113 Å². The highest BCUT2D eigenvalue weighted by Crippen LogP contribution is 2.40. The largest absolute Gasteiger partial charge is 0.504 e. The van der Waals surface area contributed by atoms with Gasteiger partial charge in [0.05, 0.1) is 7.11 Å². The molecule has 1 aliphatic carbocycles. The molecule has 0 saturated carbocycles. The fraction of sp³-hybridized carbons (Fsp3) is 0.294. The number of hydrogen-bond acceptors (Lipinski definition) is 2. The Morgan fingerprint density at radius 3 is 2.79 bits per heavy atom. The monoisotopic (exact) mass is 254 g/mol. The molecule has 0 bridgehead atoms. The molecular formula is C17H18O2. The summed E-state index contributed by atoms with van der Waals surface area (Å²) in [6, 6.07) is 12.1. The van der Waals surface area contributed by atoms with Crippen LogP contribution in [0.3, 0.4) is 0 Å². The normalized spacial score (nSPS) is 17.3. The highest BCUT2D eigenvalue weighted by atomic mass is 16.5. The summed E-state index contributed by atoms with van der Waals surface area (Å²) in [5.41, 5.74) is 5.18. The lowest BCUT2D eigenvalue weighted by molar-refractivity contribution is 0.373. The van der Waals surface area contributed by atoms with Crippen LogP contribution in [0.2, 0.25) is 0 Å². The molecule has 0 fully saturated rings. The second-order valence-corrected chi connectivity index (χ2v) is 5.20. The maximum absolute atomic E-state index is 9.93. The summed E-state index contributed by atoms with van der Waals surface area (Å²) in [5, 5.41) is 9.93. The number of ether oxygens (including phenoxy) is 1. The zero-order valence-corrected chi connectivity index (χ0v) is 11.3. The van der Waals surface area contributed by atoms with Crippen molar-refractivity contribution in [2.24, 2.45) is 0 Å². The Hall–Kier alpha value is -1.96. The van der Waals surface area contributed by atoms with E-state index in [1.807, 2.05) is 12.1 Å². The van der Waals surface area contributed by atoms with E-state index in [0.717, 1.165) is 12.0 Å². The second-order valence-electron chi connectivity index (χ2n) is 5.20. The predicted octanol–water partition coefficient (Wildman–Crippen LogP) is 4.12. The molecule has 2 heteroatoms. The molecule has 0 unspecified atom stereocenters. The van der Waals surface area contributed by atoms with Crippen LogP contribution in [0.1, 0.15) is 30.4 Å². The van der Waals surface area contributed by atoms with E-state index in [0.29, 0.717) is 11.7 Å². The molecule has 0 aliphatic heterocycles. The summed E-state index contributed by atoms with van der Waals surface area (Å²) >= 11 is 0. The van der Waals surface area contributed by atoms with Gasteiger partial charge in [-0.25, -0.2) is 0 Å². The molecule has 1 atom stereocenters. The van der Waals surface area contributed by atoms with Gasteiger partial charge in [0.2, 0.25) is 0 Å². The average Bonchev–Trinajstić information content (AvgIpc) is 2.80. The highest BCUT2D eigenvalue weighted by molar-refractivity contribution is 5.72. The Morgan fingerprint density at radius 1 is 1.21 bits per heavy atom. The topological polar surface area (TPSA) is 29.5 Å². The standard InChI is InChI=1S/C17H18O2/c1-11-6-8-15-13(11)4-3-5-14(15)12-7-9-17(19-2)16(18)10-12/h3-5,7,9-11,18H,6,8H2,1-2H3/t11-/m0/s1. The molecule has 2 nitrogen and oxygen atoms in total. The minimum absolute atomic E-state index is 0.198. The smallest absolute Gasteiger partial charge is 0.160 e. The summed E-state index contributed by atoms with van der Waals surface area (Å²) < 4.78 is 5.10. The third-order valence-corrected chi connectivity index (χ3v) is 4.06. The second kappa shape index (κ2) is 4.61. The predicted molar refractivity (Wildman–Crippen MR) is 76.8 cm³/mol. The average molecular weight is 254 g/mol. The summed E-state index contributed by atoms with van der Waals surface area (Å²) in [6.45, 7) is 2.28. The molecule has 0 aromatic heterocycles. The summed E-state index contributed by atoms with van der Waals surface area (Å²) in [5.74, 6) is 1.36. The Kier molecular flexibility index (Phi) is 2.94. The van der Waals surface area contributed by atoms with Gasteiger partial charge in [0.15, 0.2) is 11.5 Å². The first-order chi connectivity index (χ1) is 9.20. The van der Waals surface area contributed by atoms with Crippen LogP contribution in [-0.2, 0) is 6.42 Å². The van der Waals surface area contributed by atoms with Crippen molar-refractivity contribution in [1.29, 1.82) is 0 Å². The molecule has 0 saturated heterocycles. The maximum Gasteiger partial charge on any atom is 0.160 e. The van der Waals surface area contributed by atoms with Gasteiger partial charge in [0.1, 0.15) is 0 Å². The van der Waals surface area contributed by atoms with E-state index in [-0.39, 0.29) is 5.75 Å². The molecule has 3 rings (SSSR count). The van der Waals surface area contributed by atoms with Crippen molar-refractivity contribution in [3.63, 3.8) is 0 Å². The van der Waals surface area contributed by atoms with Crippen LogP contribution in [0.25, 0.3) is 11.1 Å². The SMILES string of the molecule is COc1ccc(-c2cccc3c2CC[C@@H]3C)cc1O. The van der Waals surface area contributed by atoms with Crippen molar-refractivity contribution >= 4 is 0 Å². The number of hydrogen-bond donors (Lipinski definition) is 1. The molecule has 1 aliphatic rings. The number of rotatable bonds is 2. The van der Waals surface area contributed by atoms with Crippen molar-refractivity contribution in [3.8, 4) is 22.6 Å². The lowest BCUT2D eigenvalue weighted by Crippen LogP contribution is -1.90. The Balaban J connectivity index is 2.11. The van der Waals surface area contributed by atoms with Gasteiger partial charge in [0.25, 0.3) is 0 Å². The number of methoxy groups -OCH3 is 1. The van der Waals surface area contributed by atoms with Gasteiger partial charge in [0, 0.05) is 0 Å². The van der Waals surface area contributed by atoms with E-state index in [9.17, 15) is 5.11 Å². The van der Waals surface area contributed by atoms with Crippen LogP contribution in [0.5, 0.6) is 11.5 Å². The fourth-order valence-corrected chi connectivity index (χ4v) is 2.99. The van der Waals surface area contributed by atoms with Gasteiger partial charge in [-0.1, -0.05) is 31.2 Å². The van der Waals surface area contributed by atoms with E-state index >= 15 is 0 Å². The van der Waals surface area contributed by atoms with E-state index in [4.69, 9.17) is 4.74 Å². The Morgan fingerprint density at radius 2 is 2.05 bits per heavy atom. The minimum atomic E-state index is 0.198. The molecule has 0 amide bonds. The number of phenolic OH excluding ortho intramolecular Hbond substituents is 1. The van der Waals surface area contributed by atoms with E-state index in [2.05, 4.69) is 25.1 Å². The van der Waals surface area contributed by atoms with Crippen molar-refractivity contribution in [1.82, 2.24) is 0 Å². The lowest BCUT2D eigenvalue weighted by Gasteiger charge is -2.11. The zero-order valence-electron chi connectivity index (χ0n) is 11.3. The highest BCUT2D eigenvalue weighted by Gasteiger charge is 2.21. The maximum atomic E-state index is 9.93. The third kappa shape index (κ3) is 1.97. The first kappa shape index (κ1) is 12.1. The van der Waals surface area contributed by atoms with Gasteiger partial charge in [-0.15, -0.1) is 0 Å². The summed E-state index contributed by atoms with van der Waals surface area (Å²) in [7, 11) is 1.57. The molecule has 0 radical (unpaired) electrons. The number of phenols is 1. The first-order valence-corrected chi connectivity index (χ1v) is 6.70. The molecule has 98 valence electrons. The van der Waals surface area contributed by atoms with Crippen LogP contribution < -0.4 is 4.74 Å². The molecule has 1 N–H and O–H groups in total. The van der Waals surface area contributed by atoms with Gasteiger partial charge in [-0.05, 0) is 53.1 Å². The van der Waals surface area contributed by atoms with Crippen molar-refractivity contribution in [3.05, 3.63) is 47.5 Å². The quantitative estimate of drug-likeness (QED) is 0.873. The lowest BCUT2D eigenvalue weighted by atomic mass is 9.95. The molecule has 19 heavy (non-hydrogen) atoms. The van der Waals surface area contributed by atoms with Gasteiger partial charge in [-0.3, -0.25) is 0 Å². The third-order valence-electron chi connectivity index (χ3n) is 4.06. The van der Waals surface area contributed by atoms with Gasteiger partial charge >= 0.3 is 0 Å². The number of aromatic hydroxyl groups is 1. The van der Waals surface area contributed by atoms with E-state index in [1.54, 1.807) is 13.2 Å². The summed E-state index contributed by atoms with van der Waals surface area (Å²) in [6.07, 6.45) is 2.34. The van der Waals surface area contributed by atoms with Crippen LogP contribution in [0.4, 0.5) is 0 Å². The molecule has 0 spiro atoms. The van der Waals surface area contributed by atoms with Crippen LogP contribution in [-0.4, -0.2) is 12.2 Å². The van der Waals surface area contributed by atoms with Crippen molar-refractivity contribution in [2.45, 2.75) is 25.7 Å². The van der Waals surface area contributed by atoms with E-state index in [1.165, 1.54) is 23.1 Å². The van der Waals surface area contributed by atoms with E-state index < -0.39 is 0 Å². The minimum Gasteiger partial charge on any atom is -0.504 e. The summed E-state index contributed by atoms with van der Waals surface area (Å²) in [4.78, 5) is 0. The fourth-order valence-electron chi connectivity index (χ4n) is 2.99. The van der Waals surface area contributed by atoms with Crippen molar-refractivity contribution < 1.29 is 9.84 Å². The van der Waals surface area contributed by atoms with Crippen LogP contribution in [0, 0.1) is 0 Å². The number of fused-ring (bicyclic) bond motifs is 1.